The van der Waals surface area contributed by atoms with E-state index in [1.165, 1.54) is 0 Å². The fraction of sp³-hybridized carbons (Fsp3) is 0.381. The van der Waals surface area contributed by atoms with Gasteiger partial charge in [-0.2, -0.15) is 0 Å². The normalized spacial score (nSPS) is 14.9. The van der Waals surface area contributed by atoms with E-state index in [9.17, 15) is 4.79 Å². The molecule has 0 unspecified atom stereocenters. The second kappa shape index (κ2) is 8.56. The first kappa shape index (κ1) is 18.7. The maximum Gasteiger partial charge on any atom is 0.223 e. The smallest absolute Gasteiger partial charge is 0.223 e. The maximum atomic E-state index is 12.7. The van der Waals surface area contributed by atoms with Crippen molar-refractivity contribution >= 4 is 22.4 Å². The quantitative estimate of drug-likeness (QED) is 0.657. The van der Waals surface area contributed by atoms with Crippen LogP contribution in [0, 0.1) is 6.92 Å². The Morgan fingerprint density at radius 2 is 2.04 bits per heavy atom. The number of aromatic nitrogens is 2. The Kier molecular flexibility index (Phi) is 5.71. The monoisotopic (exact) mass is 396 g/mol. The molecule has 1 aliphatic rings. The molecule has 0 saturated carbocycles. The van der Waals surface area contributed by atoms with Crippen LogP contribution in [0.15, 0.2) is 46.3 Å². The zero-order valence-corrected chi connectivity index (χ0v) is 16.8. The highest BCUT2D eigenvalue weighted by Crippen LogP contribution is 2.22. The number of rotatable bonds is 5. The van der Waals surface area contributed by atoms with E-state index < -0.39 is 0 Å². The van der Waals surface area contributed by atoms with Crippen LogP contribution in [0.1, 0.15) is 24.4 Å². The van der Waals surface area contributed by atoms with Gasteiger partial charge in [-0.15, -0.1) is 11.3 Å². The van der Waals surface area contributed by atoms with Crippen molar-refractivity contribution in [3.63, 3.8) is 0 Å². The second-order valence-corrected chi connectivity index (χ2v) is 7.81. The molecule has 4 rings (SSSR count). The van der Waals surface area contributed by atoms with E-state index in [-0.39, 0.29) is 5.91 Å². The van der Waals surface area contributed by atoms with Crippen molar-refractivity contribution in [1.29, 1.82) is 0 Å². The van der Waals surface area contributed by atoms with E-state index in [2.05, 4.69) is 20.2 Å². The third kappa shape index (κ3) is 4.42. The van der Waals surface area contributed by atoms with Crippen LogP contribution in [0.25, 0.3) is 11.3 Å². The van der Waals surface area contributed by atoms with Gasteiger partial charge in [0.05, 0.1) is 11.9 Å². The predicted molar refractivity (Wildman–Crippen MR) is 111 cm³/mol. The van der Waals surface area contributed by atoms with Gasteiger partial charge >= 0.3 is 0 Å². The molecule has 3 heterocycles. The van der Waals surface area contributed by atoms with Crippen LogP contribution < -0.4 is 4.90 Å². The van der Waals surface area contributed by atoms with Gasteiger partial charge in [-0.05, 0) is 13.3 Å². The Balaban J connectivity index is 1.30. The lowest BCUT2D eigenvalue weighted by molar-refractivity contribution is -0.131. The summed E-state index contributed by atoms with van der Waals surface area (Å²) in [4.78, 5) is 25.8. The van der Waals surface area contributed by atoms with Gasteiger partial charge in [0.15, 0.2) is 16.8 Å². The first-order valence-electron chi connectivity index (χ1n) is 9.64. The molecule has 0 spiro atoms. The summed E-state index contributed by atoms with van der Waals surface area (Å²) in [6.07, 6.45) is 3.64. The van der Waals surface area contributed by atoms with E-state index in [1.807, 2.05) is 42.2 Å². The molecule has 0 bridgehead atoms. The van der Waals surface area contributed by atoms with Crippen molar-refractivity contribution in [2.24, 2.45) is 0 Å². The minimum Gasteiger partial charge on any atom is -0.441 e. The zero-order chi connectivity index (χ0) is 19.3. The van der Waals surface area contributed by atoms with Gasteiger partial charge in [0, 0.05) is 50.0 Å². The van der Waals surface area contributed by atoms with Gasteiger partial charge in [0.25, 0.3) is 0 Å². The van der Waals surface area contributed by atoms with E-state index >= 15 is 0 Å². The van der Waals surface area contributed by atoms with Crippen molar-refractivity contribution in [1.82, 2.24) is 14.9 Å². The summed E-state index contributed by atoms with van der Waals surface area (Å²) in [5.41, 5.74) is 2.05. The minimum atomic E-state index is 0.164. The minimum absolute atomic E-state index is 0.164. The SMILES string of the molecule is Cc1csc(N2CCCN(C(=O)CCc3ncc(-c4ccccc4)o3)CC2)n1. The predicted octanol–water partition coefficient (Wildman–Crippen LogP) is 3.78. The molecule has 28 heavy (non-hydrogen) atoms. The molecular formula is C21H24N4O2S. The van der Waals surface area contributed by atoms with Crippen LogP contribution in [0.5, 0.6) is 0 Å². The van der Waals surface area contributed by atoms with E-state index in [0.717, 1.165) is 54.7 Å². The highest BCUT2D eigenvalue weighted by atomic mass is 32.1. The summed E-state index contributed by atoms with van der Waals surface area (Å²) < 4.78 is 5.81. The van der Waals surface area contributed by atoms with Crippen LogP contribution in [-0.4, -0.2) is 47.0 Å². The Morgan fingerprint density at radius 3 is 2.82 bits per heavy atom. The van der Waals surface area contributed by atoms with Gasteiger partial charge < -0.3 is 14.2 Å². The van der Waals surface area contributed by atoms with Crippen LogP contribution in [0.3, 0.4) is 0 Å². The summed E-state index contributed by atoms with van der Waals surface area (Å²) in [5, 5.41) is 3.13. The molecule has 146 valence electrons. The van der Waals surface area contributed by atoms with E-state index in [1.54, 1.807) is 17.5 Å². The van der Waals surface area contributed by atoms with Crippen molar-refractivity contribution in [2.45, 2.75) is 26.2 Å². The fourth-order valence-corrected chi connectivity index (χ4v) is 4.24. The van der Waals surface area contributed by atoms with E-state index in [4.69, 9.17) is 4.42 Å². The van der Waals surface area contributed by atoms with E-state index in [0.29, 0.717) is 18.7 Å². The lowest BCUT2D eigenvalue weighted by Gasteiger charge is -2.21. The highest BCUT2D eigenvalue weighted by Gasteiger charge is 2.21. The first-order valence-corrected chi connectivity index (χ1v) is 10.5. The van der Waals surface area contributed by atoms with Gasteiger partial charge in [0.1, 0.15) is 0 Å². The molecule has 1 amide bonds. The molecular weight excluding hydrogens is 372 g/mol. The molecule has 0 atom stereocenters. The summed E-state index contributed by atoms with van der Waals surface area (Å²) in [5.74, 6) is 1.52. The number of hydrogen-bond donors (Lipinski definition) is 0. The molecule has 1 saturated heterocycles. The third-order valence-corrected chi connectivity index (χ3v) is 5.91. The lowest BCUT2D eigenvalue weighted by atomic mass is 10.2. The van der Waals surface area contributed by atoms with Gasteiger partial charge in [-0.25, -0.2) is 9.97 Å². The van der Waals surface area contributed by atoms with Crippen LogP contribution >= 0.6 is 11.3 Å². The van der Waals surface area contributed by atoms with Crippen LogP contribution in [0.4, 0.5) is 5.13 Å². The molecule has 2 aromatic heterocycles. The summed E-state index contributed by atoms with van der Waals surface area (Å²) in [7, 11) is 0. The maximum absolute atomic E-state index is 12.7. The van der Waals surface area contributed by atoms with Crippen molar-refractivity contribution in [3.8, 4) is 11.3 Å². The average molecular weight is 397 g/mol. The Bertz CT molecular complexity index is 921. The molecule has 1 aliphatic heterocycles. The Hall–Kier alpha value is -2.67. The molecule has 3 aromatic rings. The van der Waals surface area contributed by atoms with Crippen molar-refractivity contribution in [3.05, 3.63) is 53.5 Å². The molecule has 0 radical (unpaired) electrons. The number of amides is 1. The number of carbonyl (C=O) groups is 1. The second-order valence-electron chi connectivity index (χ2n) is 6.98. The van der Waals surface area contributed by atoms with Crippen molar-refractivity contribution < 1.29 is 9.21 Å². The topological polar surface area (TPSA) is 62.5 Å². The fourth-order valence-electron chi connectivity index (χ4n) is 3.38. The van der Waals surface area contributed by atoms with Gasteiger partial charge in [-0.1, -0.05) is 30.3 Å². The number of carbonyl (C=O) groups excluding carboxylic acids is 1. The number of oxazole rings is 1. The average Bonchev–Trinajstić information content (AvgIpc) is 3.30. The Labute approximate surface area is 168 Å². The molecule has 0 aliphatic carbocycles. The summed E-state index contributed by atoms with van der Waals surface area (Å²) in [6.45, 7) is 5.31. The number of nitrogens with zero attached hydrogens (tertiary/aromatic N) is 4. The summed E-state index contributed by atoms with van der Waals surface area (Å²) >= 11 is 1.67. The first-order chi connectivity index (χ1) is 13.7. The zero-order valence-electron chi connectivity index (χ0n) is 16.0. The van der Waals surface area contributed by atoms with Crippen LogP contribution in [-0.2, 0) is 11.2 Å². The molecule has 1 fully saturated rings. The Morgan fingerprint density at radius 1 is 1.18 bits per heavy atom. The molecule has 7 heteroatoms. The molecule has 0 N–H and O–H groups in total. The number of anilines is 1. The number of aryl methyl sites for hydroxylation is 2. The third-order valence-electron chi connectivity index (χ3n) is 4.89. The standard InChI is InChI=1S/C21H24N4O2S/c1-16-15-28-21(23-16)25-11-5-10-24(12-13-25)20(26)9-8-19-22-14-18(27-19)17-6-3-2-4-7-17/h2-4,6-7,14-15H,5,8-13H2,1H3. The van der Waals surface area contributed by atoms with Gasteiger partial charge in [-0.3, -0.25) is 4.79 Å². The lowest BCUT2D eigenvalue weighted by Crippen LogP contribution is -2.35. The highest BCUT2D eigenvalue weighted by molar-refractivity contribution is 7.13. The molecule has 1 aromatic carbocycles. The molecule has 6 nitrogen and oxygen atoms in total. The van der Waals surface area contributed by atoms with Crippen molar-refractivity contribution in [2.75, 3.05) is 31.1 Å². The summed E-state index contributed by atoms with van der Waals surface area (Å²) in [6, 6.07) is 9.88. The number of hydrogen-bond acceptors (Lipinski definition) is 6. The largest absolute Gasteiger partial charge is 0.441 e. The number of thiazole rings is 1. The van der Waals surface area contributed by atoms with Crippen LogP contribution in [0.2, 0.25) is 0 Å². The number of benzene rings is 1. The van der Waals surface area contributed by atoms with Gasteiger partial charge in [0.2, 0.25) is 5.91 Å².